The largest absolute Gasteiger partial charge is 0.507 e. The van der Waals surface area contributed by atoms with E-state index in [9.17, 15) is 5.11 Å². The van der Waals surface area contributed by atoms with E-state index >= 15 is 0 Å². The molecule has 0 saturated carbocycles. The summed E-state index contributed by atoms with van der Waals surface area (Å²) in [5.41, 5.74) is 1.20. The molecule has 0 spiro atoms. The van der Waals surface area contributed by atoms with Gasteiger partial charge in [0.2, 0.25) is 0 Å². The zero-order chi connectivity index (χ0) is 11.5. The fourth-order valence-corrected chi connectivity index (χ4v) is 1.78. The molecule has 0 fully saturated rings. The molecule has 0 aliphatic carbocycles. The Morgan fingerprint density at radius 1 is 1.00 bits per heavy atom. The number of benzene rings is 2. The molecule has 2 aromatic carbocycles. The van der Waals surface area contributed by atoms with Crippen LogP contribution in [-0.2, 0) is 0 Å². The molecular formula is C13H11IO2. The number of halogens is 1. The van der Waals surface area contributed by atoms with Crippen molar-refractivity contribution >= 4 is 22.6 Å². The minimum absolute atomic E-state index is 0.275. The number of hydrogen-bond donors (Lipinski definition) is 1. The second-order valence-electron chi connectivity index (χ2n) is 3.53. The van der Waals surface area contributed by atoms with Crippen LogP contribution in [0.5, 0.6) is 17.2 Å². The van der Waals surface area contributed by atoms with Crippen molar-refractivity contribution in [1.82, 2.24) is 0 Å². The van der Waals surface area contributed by atoms with Gasteiger partial charge in [-0.25, -0.2) is 0 Å². The van der Waals surface area contributed by atoms with Gasteiger partial charge in [-0.05, 0) is 59.8 Å². The number of aromatic hydroxyl groups is 1. The van der Waals surface area contributed by atoms with E-state index in [0.29, 0.717) is 0 Å². The van der Waals surface area contributed by atoms with Crippen molar-refractivity contribution in [1.29, 1.82) is 0 Å². The van der Waals surface area contributed by atoms with Gasteiger partial charge in [0, 0.05) is 0 Å². The Hall–Kier alpha value is -1.23. The molecular weight excluding hydrogens is 315 g/mol. The van der Waals surface area contributed by atoms with E-state index in [0.717, 1.165) is 15.1 Å². The van der Waals surface area contributed by atoms with Gasteiger partial charge in [0.05, 0.1) is 3.57 Å². The first kappa shape index (κ1) is 11.3. The van der Waals surface area contributed by atoms with Gasteiger partial charge in [0.15, 0.2) is 0 Å². The summed E-state index contributed by atoms with van der Waals surface area (Å²) < 4.78 is 6.43. The first-order chi connectivity index (χ1) is 7.65. The molecule has 0 aromatic heterocycles. The highest BCUT2D eigenvalue weighted by Gasteiger charge is 2.01. The summed E-state index contributed by atoms with van der Waals surface area (Å²) in [6.45, 7) is 2.03. The van der Waals surface area contributed by atoms with Crippen molar-refractivity contribution in [2.24, 2.45) is 0 Å². The predicted molar refractivity (Wildman–Crippen MR) is 72.1 cm³/mol. The lowest BCUT2D eigenvalue weighted by atomic mass is 10.2. The van der Waals surface area contributed by atoms with Crippen LogP contribution in [0.4, 0.5) is 0 Å². The number of hydrogen-bond acceptors (Lipinski definition) is 2. The monoisotopic (exact) mass is 326 g/mol. The second kappa shape index (κ2) is 4.74. The summed E-state index contributed by atoms with van der Waals surface area (Å²) >= 11 is 2.07. The predicted octanol–water partition coefficient (Wildman–Crippen LogP) is 4.10. The molecule has 0 aliphatic rings. The van der Waals surface area contributed by atoms with Crippen LogP contribution in [0.15, 0.2) is 42.5 Å². The molecule has 1 N–H and O–H groups in total. The molecule has 0 aliphatic heterocycles. The third-order valence-electron chi connectivity index (χ3n) is 2.18. The number of aryl methyl sites for hydroxylation is 1. The van der Waals surface area contributed by atoms with Gasteiger partial charge in [0.25, 0.3) is 0 Å². The van der Waals surface area contributed by atoms with Crippen molar-refractivity contribution in [2.75, 3.05) is 0 Å². The molecule has 0 atom stereocenters. The maximum Gasteiger partial charge on any atom is 0.129 e. The molecule has 2 rings (SSSR count). The summed E-state index contributed by atoms with van der Waals surface area (Å²) in [6.07, 6.45) is 0. The molecule has 2 aromatic rings. The molecule has 0 unspecified atom stereocenters. The van der Waals surface area contributed by atoms with Crippen molar-refractivity contribution in [3.8, 4) is 17.2 Å². The van der Waals surface area contributed by atoms with E-state index in [-0.39, 0.29) is 5.75 Å². The fourth-order valence-electron chi connectivity index (χ4n) is 1.29. The van der Waals surface area contributed by atoms with Crippen LogP contribution in [0, 0.1) is 10.5 Å². The molecule has 82 valence electrons. The number of phenols is 1. The van der Waals surface area contributed by atoms with Crippen LogP contribution in [0.25, 0.3) is 0 Å². The Labute approximate surface area is 108 Å². The van der Waals surface area contributed by atoms with Gasteiger partial charge in [0.1, 0.15) is 17.2 Å². The molecule has 16 heavy (non-hydrogen) atoms. The van der Waals surface area contributed by atoms with E-state index in [1.807, 2.05) is 31.2 Å². The molecule has 0 amide bonds. The van der Waals surface area contributed by atoms with E-state index < -0.39 is 0 Å². The Morgan fingerprint density at radius 2 is 1.62 bits per heavy atom. The van der Waals surface area contributed by atoms with Gasteiger partial charge in [-0.1, -0.05) is 17.7 Å². The average Bonchev–Trinajstić information content (AvgIpc) is 2.27. The lowest BCUT2D eigenvalue weighted by Crippen LogP contribution is -1.85. The van der Waals surface area contributed by atoms with Crippen molar-refractivity contribution < 1.29 is 9.84 Å². The summed E-state index contributed by atoms with van der Waals surface area (Å²) in [5.74, 6) is 1.80. The van der Waals surface area contributed by atoms with Crippen LogP contribution in [0.3, 0.4) is 0 Å². The summed E-state index contributed by atoms with van der Waals surface area (Å²) in [7, 11) is 0. The summed E-state index contributed by atoms with van der Waals surface area (Å²) in [5, 5.41) is 9.38. The Bertz CT molecular complexity index is 492. The SMILES string of the molecule is Cc1ccc(Oc2ccc(O)c(I)c2)cc1. The Balaban J connectivity index is 2.20. The van der Waals surface area contributed by atoms with Crippen LogP contribution in [0.1, 0.15) is 5.56 Å². The number of ether oxygens (including phenoxy) is 1. The zero-order valence-corrected chi connectivity index (χ0v) is 10.9. The first-order valence-electron chi connectivity index (χ1n) is 4.88. The summed E-state index contributed by atoms with van der Waals surface area (Å²) in [4.78, 5) is 0. The van der Waals surface area contributed by atoms with E-state index in [1.54, 1.807) is 18.2 Å². The highest BCUT2D eigenvalue weighted by atomic mass is 127. The molecule has 3 heteroatoms. The van der Waals surface area contributed by atoms with Crippen molar-refractivity contribution in [3.05, 3.63) is 51.6 Å². The third kappa shape index (κ3) is 2.66. The maximum absolute atomic E-state index is 9.38. The molecule has 0 bridgehead atoms. The second-order valence-corrected chi connectivity index (χ2v) is 4.69. The van der Waals surface area contributed by atoms with Crippen LogP contribution in [-0.4, -0.2) is 5.11 Å². The highest BCUT2D eigenvalue weighted by Crippen LogP contribution is 2.27. The minimum atomic E-state index is 0.275. The lowest BCUT2D eigenvalue weighted by molar-refractivity contribution is 0.461. The minimum Gasteiger partial charge on any atom is -0.507 e. The van der Waals surface area contributed by atoms with Gasteiger partial charge >= 0.3 is 0 Å². The van der Waals surface area contributed by atoms with Crippen LogP contribution in [0.2, 0.25) is 0 Å². The Kier molecular flexibility index (Phi) is 3.33. The molecule has 0 saturated heterocycles. The molecule has 0 heterocycles. The standard InChI is InChI=1S/C13H11IO2/c1-9-2-4-10(5-3-9)16-11-6-7-13(15)12(14)8-11/h2-8,15H,1H3. The van der Waals surface area contributed by atoms with E-state index in [1.165, 1.54) is 5.56 Å². The summed E-state index contributed by atoms with van der Waals surface area (Å²) in [6, 6.07) is 13.0. The van der Waals surface area contributed by atoms with Gasteiger partial charge in [-0.15, -0.1) is 0 Å². The third-order valence-corrected chi connectivity index (χ3v) is 3.04. The Morgan fingerprint density at radius 3 is 2.25 bits per heavy atom. The highest BCUT2D eigenvalue weighted by molar-refractivity contribution is 14.1. The van der Waals surface area contributed by atoms with Crippen LogP contribution >= 0.6 is 22.6 Å². The van der Waals surface area contributed by atoms with Gasteiger partial charge in [-0.3, -0.25) is 0 Å². The topological polar surface area (TPSA) is 29.5 Å². The number of rotatable bonds is 2. The van der Waals surface area contributed by atoms with E-state index in [4.69, 9.17) is 4.74 Å². The number of phenolic OH excluding ortho intramolecular Hbond substituents is 1. The molecule has 0 radical (unpaired) electrons. The van der Waals surface area contributed by atoms with E-state index in [2.05, 4.69) is 22.6 Å². The van der Waals surface area contributed by atoms with Gasteiger partial charge < -0.3 is 9.84 Å². The fraction of sp³-hybridized carbons (Fsp3) is 0.0769. The van der Waals surface area contributed by atoms with Crippen LogP contribution < -0.4 is 4.74 Å². The normalized spacial score (nSPS) is 10.1. The van der Waals surface area contributed by atoms with Crippen molar-refractivity contribution in [2.45, 2.75) is 6.92 Å². The average molecular weight is 326 g/mol. The van der Waals surface area contributed by atoms with Gasteiger partial charge in [-0.2, -0.15) is 0 Å². The smallest absolute Gasteiger partial charge is 0.129 e. The quantitative estimate of drug-likeness (QED) is 0.842. The maximum atomic E-state index is 9.38. The lowest BCUT2D eigenvalue weighted by Gasteiger charge is -2.06. The van der Waals surface area contributed by atoms with Crippen molar-refractivity contribution in [3.63, 3.8) is 0 Å². The molecule has 2 nitrogen and oxygen atoms in total. The zero-order valence-electron chi connectivity index (χ0n) is 8.77. The first-order valence-corrected chi connectivity index (χ1v) is 5.96.